The summed E-state index contributed by atoms with van der Waals surface area (Å²) in [6.07, 6.45) is 3.44. The van der Waals surface area contributed by atoms with Crippen molar-refractivity contribution in [1.82, 2.24) is 15.2 Å². The van der Waals surface area contributed by atoms with Gasteiger partial charge in [-0.05, 0) is 57.5 Å². The van der Waals surface area contributed by atoms with E-state index in [1.165, 1.54) is 25.0 Å². The van der Waals surface area contributed by atoms with Gasteiger partial charge in [-0.2, -0.15) is 0 Å². The number of rotatable bonds is 4. The highest BCUT2D eigenvalue weighted by Crippen LogP contribution is 2.19. The number of hydrogen-bond acceptors (Lipinski definition) is 4. The second kappa shape index (κ2) is 6.90. The van der Waals surface area contributed by atoms with Crippen molar-refractivity contribution in [3.05, 3.63) is 22.8 Å². The van der Waals surface area contributed by atoms with Crippen LogP contribution in [0.3, 0.4) is 0 Å². The second-order valence-electron chi connectivity index (χ2n) is 5.39. The van der Waals surface area contributed by atoms with E-state index in [0.29, 0.717) is 18.0 Å². The zero-order valence-corrected chi connectivity index (χ0v) is 12.5. The van der Waals surface area contributed by atoms with Crippen molar-refractivity contribution >= 4 is 23.3 Å². The van der Waals surface area contributed by atoms with Crippen LogP contribution in [0.5, 0.6) is 0 Å². The topological polar surface area (TPSA) is 71.2 Å². The number of carbonyl (C=O) groups excluding carboxylic acids is 1. The first-order valence-electron chi connectivity index (χ1n) is 6.94. The number of aromatic nitrogens is 1. The lowest BCUT2D eigenvalue weighted by atomic mass is 9.94. The van der Waals surface area contributed by atoms with Crippen LogP contribution in [0, 0.1) is 5.92 Å². The van der Waals surface area contributed by atoms with Gasteiger partial charge >= 0.3 is 0 Å². The molecule has 0 aromatic carbocycles. The SMILES string of the molecule is CN1CCC(CCNC(=O)c2cc(N)nc(Cl)c2)CC1. The third-order valence-corrected chi connectivity index (χ3v) is 3.95. The van der Waals surface area contributed by atoms with Crippen LogP contribution in [-0.4, -0.2) is 42.5 Å². The Morgan fingerprint density at radius 3 is 2.85 bits per heavy atom. The minimum atomic E-state index is -0.145. The van der Waals surface area contributed by atoms with Crippen molar-refractivity contribution in [1.29, 1.82) is 0 Å². The molecule has 1 fully saturated rings. The Morgan fingerprint density at radius 1 is 1.50 bits per heavy atom. The van der Waals surface area contributed by atoms with Crippen LogP contribution >= 0.6 is 11.6 Å². The van der Waals surface area contributed by atoms with E-state index in [2.05, 4.69) is 22.2 Å². The Bertz CT molecular complexity index is 452. The number of piperidine rings is 1. The third kappa shape index (κ3) is 4.35. The molecule has 1 amide bonds. The normalized spacial score (nSPS) is 17.1. The molecule has 110 valence electrons. The number of carbonyl (C=O) groups is 1. The number of nitrogens with one attached hydrogen (secondary N) is 1. The third-order valence-electron chi connectivity index (χ3n) is 3.75. The first kappa shape index (κ1) is 15.1. The summed E-state index contributed by atoms with van der Waals surface area (Å²) < 4.78 is 0. The van der Waals surface area contributed by atoms with Crippen LogP contribution in [0.2, 0.25) is 5.15 Å². The minimum Gasteiger partial charge on any atom is -0.384 e. The van der Waals surface area contributed by atoms with Gasteiger partial charge < -0.3 is 16.0 Å². The van der Waals surface area contributed by atoms with Gasteiger partial charge in [0.1, 0.15) is 11.0 Å². The van der Waals surface area contributed by atoms with Crippen molar-refractivity contribution in [2.75, 3.05) is 32.4 Å². The maximum atomic E-state index is 12.0. The lowest BCUT2D eigenvalue weighted by Crippen LogP contribution is -2.32. The number of hydrogen-bond donors (Lipinski definition) is 2. The fourth-order valence-corrected chi connectivity index (χ4v) is 2.71. The number of amides is 1. The van der Waals surface area contributed by atoms with Crippen molar-refractivity contribution < 1.29 is 4.79 Å². The van der Waals surface area contributed by atoms with Gasteiger partial charge in [0.2, 0.25) is 0 Å². The van der Waals surface area contributed by atoms with Gasteiger partial charge in [-0.3, -0.25) is 4.79 Å². The fourth-order valence-electron chi connectivity index (χ4n) is 2.49. The van der Waals surface area contributed by atoms with Crippen LogP contribution in [0.15, 0.2) is 12.1 Å². The molecule has 0 aliphatic carbocycles. The van der Waals surface area contributed by atoms with Gasteiger partial charge in [0.05, 0.1) is 0 Å². The van der Waals surface area contributed by atoms with Crippen molar-refractivity contribution in [3.8, 4) is 0 Å². The van der Waals surface area contributed by atoms with Crippen LogP contribution in [0.25, 0.3) is 0 Å². The summed E-state index contributed by atoms with van der Waals surface area (Å²) in [6.45, 7) is 2.98. The summed E-state index contributed by atoms with van der Waals surface area (Å²) in [4.78, 5) is 18.2. The lowest BCUT2D eigenvalue weighted by molar-refractivity contribution is 0.0949. The molecule has 1 saturated heterocycles. The molecule has 3 N–H and O–H groups in total. The molecule has 1 aliphatic heterocycles. The van der Waals surface area contributed by atoms with E-state index < -0.39 is 0 Å². The monoisotopic (exact) mass is 296 g/mol. The molecule has 5 nitrogen and oxygen atoms in total. The Labute approximate surface area is 124 Å². The van der Waals surface area contributed by atoms with Gasteiger partial charge in [-0.25, -0.2) is 4.98 Å². The number of halogens is 1. The Kier molecular flexibility index (Phi) is 5.20. The molecule has 0 atom stereocenters. The van der Waals surface area contributed by atoms with E-state index in [-0.39, 0.29) is 16.9 Å². The smallest absolute Gasteiger partial charge is 0.251 e. The van der Waals surface area contributed by atoms with E-state index in [1.54, 1.807) is 0 Å². The molecule has 20 heavy (non-hydrogen) atoms. The second-order valence-corrected chi connectivity index (χ2v) is 5.78. The molecule has 1 aliphatic rings. The molecule has 1 aromatic heterocycles. The van der Waals surface area contributed by atoms with Crippen molar-refractivity contribution in [2.24, 2.45) is 5.92 Å². The molecule has 0 bridgehead atoms. The van der Waals surface area contributed by atoms with E-state index >= 15 is 0 Å². The number of nitrogens with two attached hydrogens (primary N) is 1. The molecule has 6 heteroatoms. The van der Waals surface area contributed by atoms with Crippen molar-refractivity contribution in [3.63, 3.8) is 0 Å². The van der Waals surface area contributed by atoms with Gasteiger partial charge in [-0.1, -0.05) is 11.6 Å². The lowest BCUT2D eigenvalue weighted by Gasteiger charge is -2.28. The first-order chi connectivity index (χ1) is 9.54. The Hall–Kier alpha value is -1.33. The van der Waals surface area contributed by atoms with Crippen LogP contribution in [0.1, 0.15) is 29.6 Å². The number of nitrogen functional groups attached to an aromatic ring is 1. The largest absolute Gasteiger partial charge is 0.384 e. The molecular weight excluding hydrogens is 276 g/mol. The predicted octanol–water partition coefficient (Wildman–Crippen LogP) is 1.78. The van der Waals surface area contributed by atoms with Gasteiger partial charge in [0.15, 0.2) is 0 Å². The summed E-state index contributed by atoms with van der Waals surface area (Å²) in [5.41, 5.74) is 6.04. The van der Waals surface area contributed by atoms with Crippen LogP contribution < -0.4 is 11.1 Å². The van der Waals surface area contributed by atoms with E-state index in [9.17, 15) is 4.79 Å². The average Bonchev–Trinajstić information content (AvgIpc) is 2.40. The van der Waals surface area contributed by atoms with E-state index in [4.69, 9.17) is 17.3 Å². The van der Waals surface area contributed by atoms with Crippen LogP contribution in [-0.2, 0) is 0 Å². The summed E-state index contributed by atoms with van der Waals surface area (Å²) >= 11 is 5.79. The number of anilines is 1. The van der Waals surface area contributed by atoms with Gasteiger partial charge in [0, 0.05) is 12.1 Å². The van der Waals surface area contributed by atoms with Crippen molar-refractivity contribution in [2.45, 2.75) is 19.3 Å². The zero-order valence-electron chi connectivity index (χ0n) is 11.7. The highest BCUT2D eigenvalue weighted by molar-refractivity contribution is 6.29. The molecular formula is C14H21ClN4O. The van der Waals surface area contributed by atoms with Crippen LogP contribution in [0.4, 0.5) is 5.82 Å². The maximum Gasteiger partial charge on any atom is 0.251 e. The molecule has 2 heterocycles. The maximum absolute atomic E-state index is 12.0. The molecule has 0 unspecified atom stereocenters. The zero-order chi connectivity index (χ0) is 14.5. The quantitative estimate of drug-likeness (QED) is 0.831. The number of likely N-dealkylation sites (tertiary alicyclic amines) is 1. The Balaban J connectivity index is 1.77. The molecule has 0 radical (unpaired) electrons. The molecule has 0 spiro atoms. The van der Waals surface area contributed by atoms with E-state index in [1.807, 2.05) is 0 Å². The molecule has 2 rings (SSSR count). The van der Waals surface area contributed by atoms with E-state index in [0.717, 1.165) is 19.5 Å². The number of nitrogens with zero attached hydrogens (tertiary/aromatic N) is 2. The standard InChI is InChI=1S/C14H21ClN4O/c1-19-6-3-10(4-7-19)2-5-17-14(20)11-8-12(15)18-13(16)9-11/h8-10H,2-7H2,1H3,(H2,16,18)(H,17,20). The Morgan fingerprint density at radius 2 is 2.20 bits per heavy atom. The fraction of sp³-hybridized carbons (Fsp3) is 0.571. The summed E-state index contributed by atoms with van der Waals surface area (Å²) in [6, 6.07) is 3.07. The molecule has 1 aromatic rings. The average molecular weight is 297 g/mol. The predicted molar refractivity (Wildman–Crippen MR) is 80.8 cm³/mol. The first-order valence-corrected chi connectivity index (χ1v) is 7.32. The highest BCUT2D eigenvalue weighted by Gasteiger charge is 2.16. The molecule has 0 saturated carbocycles. The highest BCUT2D eigenvalue weighted by atomic mass is 35.5. The minimum absolute atomic E-state index is 0.145. The van der Waals surface area contributed by atoms with Gasteiger partial charge in [0.25, 0.3) is 5.91 Å². The van der Waals surface area contributed by atoms with Gasteiger partial charge in [-0.15, -0.1) is 0 Å². The summed E-state index contributed by atoms with van der Waals surface area (Å²) in [5.74, 6) is 0.824. The summed E-state index contributed by atoms with van der Waals surface area (Å²) in [7, 11) is 2.15. The number of pyridine rings is 1. The summed E-state index contributed by atoms with van der Waals surface area (Å²) in [5, 5.41) is 3.16.